The quantitative estimate of drug-likeness (QED) is 0.569. The molecular formula is C20H19BrClN3OS. The number of carbonyl (C=O) groups excluding carboxylic acids is 1. The largest absolute Gasteiger partial charge is 0.327 e. The number of hydrogen-bond donors (Lipinski definition) is 2. The van der Waals surface area contributed by atoms with Gasteiger partial charge in [-0.3, -0.25) is 10.1 Å². The molecule has 1 aromatic heterocycles. The maximum absolute atomic E-state index is 12.5. The summed E-state index contributed by atoms with van der Waals surface area (Å²) < 4.78 is 1.03. The van der Waals surface area contributed by atoms with Crippen LogP contribution in [0.5, 0.6) is 0 Å². The van der Waals surface area contributed by atoms with E-state index in [4.69, 9.17) is 5.73 Å². The molecule has 2 aromatic carbocycles. The van der Waals surface area contributed by atoms with Crippen molar-refractivity contribution in [3.63, 3.8) is 0 Å². The average Bonchev–Trinajstić information content (AvgIpc) is 3.03. The Bertz CT molecular complexity index is 958. The van der Waals surface area contributed by atoms with Crippen LogP contribution in [0.25, 0.3) is 11.1 Å². The number of benzene rings is 2. The molecule has 1 amide bonds. The minimum atomic E-state index is -0.138. The molecule has 0 unspecified atom stereocenters. The number of nitrogens with zero attached hydrogens (tertiary/aromatic N) is 1. The van der Waals surface area contributed by atoms with Gasteiger partial charge in [0, 0.05) is 21.0 Å². The van der Waals surface area contributed by atoms with Crippen LogP contribution in [0.1, 0.15) is 27.3 Å². The summed E-state index contributed by atoms with van der Waals surface area (Å²) in [4.78, 5) is 18.3. The van der Waals surface area contributed by atoms with Gasteiger partial charge in [-0.15, -0.1) is 23.7 Å². The van der Waals surface area contributed by atoms with Gasteiger partial charge in [0.15, 0.2) is 5.13 Å². The van der Waals surface area contributed by atoms with Crippen molar-refractivity contribution in [2.75, 3.05) is 5.32 Å². The number of aromatic nitrogens is 1. The Morgan fingerprint density at radius 2 is 1.96 bits per heavy atom. The Kier molecular flexibility index (Phi) is 6.32. The molecule has 3 N–H and O–H groups in total. The standard InChI is InChI=1S/C20H18BrN3OS.ClH/c21-15-3-1-2-14(10-15)12-4-6-13(7-5-12)19(25)24-20-23-17-9-8-16(22)11-18(17)26-20;/h1-7,10,16H,8-9,11,22H2,(H,23,24,25);1H/t16-;/m0./s1. The van der Waals surface area contributed by atoms with E-state index in [0.717, 1.165) is 40.6 Å². The minimum Gasteiger partial charge on any atom is -0.327 e. The number of nitrogens with two attached hydrogens (primary N) is 1. The van der Waals surface area contributed by atoms with Crippen LogP contribution in [0, 0.1) is 0 Å². The highest BCUT2D eigenvalue weighted by atomic mass is 79.9. The van der Waals surface area contributed by atoms with Gasteiger partial charge >= 0.3 is 0 Å². The second kappa shape index (κ2) is 8.52. The van der Waals surface area contributed by atoms with Crippen LogP contribution in [0.4, 0.5) is 5.13 Å². The number of hydrogen-bond acceptors (Lipinski definition) is 4. The van der Waals surface area contributed by atoms with Crippen LogP contribution in [-0.4, -0.2) is 16.9 Å². The molecule has 0 spiro atoms. The lowest BCUT2D eigenvalue weighted by Crippen LogP contribution is -2.27. The SMILES string of the molecule is Cl.N[C@H]1CCc2nc(NC(=O)c3ccc(-c4cccc(Br)c4)cc3)sc2C1. The molecule has 0 saturated heterocycles. The first-order chi connectivity index (χ1) is 12.6. The van der Waals surface area contributed by atoms with Crippen molar-refractivity contribution in [3.8, 4) is 11.1 Å². The first kappa shape index (κ1) is 20.0. The van der Waals surface area contributed by atoms with Crippen LogP contribution in [0.3, 0.4) is 0 Å². The predicted octanol–water partition coefficient (Wildman–Crippen LogP) is 5.06. The lowest BCUT2D eigenvalue weighted by molar-refractivity contribution is 0.102. The minimum absolute atomic E-state index is 0. The van der Waals surface area contributed by atoms with Crippen molar-refractivity contribution in [2.45, 2.75) is 25.3 Å². The van der Waals surface area contributed by atoms with Crippen LogP contribution in [0.15, 0.2) is 53.0 Å². The lowest BCUT2D eigenvalue weighted by atomic mass is 9.99. The smallest absolute Gasteiger partial charge is 0.257 e. The van der Waals surface area contributed by atoms with E-state index in [1.807, 2.05) is 42.5 Å². The number of fused-ring (bicyclic) bond motifs is 1. The third-order valence-corrected chi connectivity index (χ3v) is 6.03. The van der Waals surface area contributed by atoms with Gasteiger partial charge in [0.1, 0.15) is 0 Å². The van der Waals surface area contributed by atoms with Gasteiger partial charge in [-0.1, -0.05) is 40.2 Å². The van der Waals surface area contributed by atoms with Gasteiger partial charge < -0.3 is 5.73 Å². The second-order valence-corrected chi connectivity index (χ2v) is 8.43. The van der Waals surface area contributed by atoms with Crippen LogP contribution < -0.4 is 11.1 Å². The van der Waals surface area contributed by atoms with E-state index in [1.165, 1.54) is 16.2 Å². The fraction of sp³-hybridized carbons (Fsp3) is 0.200. The van der Waals surface area contributed by atoms with Gasteiger partial charge in [-0.05, 0) is 54.7 Å². The molecule has 0 radical (unpaired) electrons. The topological polar surface area (TPSA) is 68.0 Å². The van der Waals surface area contributed by atoms with Gasteiger partial charge in [-0.25, -0.2) is 4.98 Å². The number of amides is 1. The Morgan fingerprint density at radius 3 is 2.70 bits per heavy atom. The second-order valence-electron chi connectivity index (χ2n) is 6.43. The number of carbonyl (C=O) groups is 1. The molecule has 27 heavy (non-hydrogen) atoms. The number of anilines is 1. The van der Waals surface area contributed by atoms with Crippen LogP contribution in [-0.2, 0) is 12.8 Å². The fourth-order valence-corrected chi connectivity index (χ4v) is 4.60. The van der Waals surface area contributed by atoms with E-state index >= 15 is 0 Å². The van der Waals surface area contributed by atoms with E-state index in [1.54, 1.807) is 0 Å². The summed E-state index contributed by atoms with van der Waals surface area (Å²) in [6.07, 6.45) is 2.70. The van der Waals surface area contributed by atoms with Crippen molar-refractivity contribution in [1.29, 1.82) is 0 Å². The van der Waals surface area contributed by atoms with Crippen molar-refractivity contribution in [1.82, 2.24) is 4.98 Å². The van der Waals surface area contributed by atoms with E-state index in [0.29, 0.717) is 10.7 Å². The summed E-state index contributed by atoms with van der Waals surface area (Å²) in [6.45, 7) is 0. The third-order valence-electron chi connectivity index (χ3n) is 4.50. The molecule has 4 nitrogen and oxygen atoms in total. The van der Waals surface area contributed by atoms with E-state index < -0.39 is 0 Å². The zero-order valence-electron chi connectivity index (χ0n) is 14.4. The predicted molar refractivity (Wildman–Crippen MR) is 117 cm³/mol. The zero-order valence-corrected chi connectivity index (χ0v) is 17.7. The molecule has 1 heterocycles. The maximum atomic E-state index is 12.5. The summed E-state index contributed by atoms with van der Waals surface area (Å²) in [6, 6.07) is 15.9. The van der Waals surface area contributed by atoms with E-state index in [2.05, 4.69) is 32.3 Å². The molecule has 140 valence electrons. The molecule has 0 saturated carbocycles. The molecule has 0 fully saturated rings. The summed E-state index contributed by atoms with van der Waals surface area (Å²) in [5, 5.41) is 3.58. The summed E-state index contributed by atoms with van der Waals surface area (Å²) >= 11 is 5.02. The lowest BCUT2D eigenvalue weighted by Gasteiger charge is -2.15. The number of halogens is 2. The average molecular weight is 465 g/mol. The highest BCUT2D eigenvalue weighted by Gasteiger charge is 2.21. The molecular weight excluding hydrogens is 446 g/mol. The third kappa shape index (κ3) is 4.58. The van der Waals surface area contributed by atoms with Crippen LogP contribution in [0.2, 0.25) is 0 Å². The fourth-order valence-electron chi connectivity index (χ4n) is 3.11. The Morgan fingerprint density at radius 1 is 1.19 bits per heavy atom. The van der Waals surface area contributed by atoms with Crippen LogP contribution >= 0.6 is 39.7 Å². The Hall–Kier alpha value is -1.73. The molecule has 1 aliphatic rings. The Balaban J connectivity index is 0.00000210. The maximum Gasteiger partial charge on any atom is 0.257 e. The highest BCUT2D eigenvalue weighted by molar-refractivity contribution is 9.10. The summed E-state index contributed by atoms with van der Waals surface area (Å²) in [5.41, 5.74) is 9.89. The van der Waals surface area contributed by atoms with Crippen molar-refractivity contribution >= 4 is 50.7 Å². The van der Waals surface area contributed by atoms with E-state index in [9.17, 15) is 4.79 Å². The van der Waals surface area contributed by atoms with Crippen molar-refractivity contribution in [2.24, 2.45) is 5.73 Å². The number of aryl methyl sites for hydroxylation is 1. The summed E-state index contributed by atoms with van der Waals surface area (Å²) in [5.74, 6) is -0.138. The first-order valence-corrected chi connectivity index (χ1v) is 10.1. The monoisotopic (exact) mass is 463 g/mol. The van der Waals surface area contributed by atoms with E-state index in [-0.39, 0.29) is 24.4 Å². The van der Waals surface area contributed by atoms with Gasteiger partial charge in [-0.2, -0.15) is 0 Å². The number of rotatable bonds is 3. The Labute approximate surface area is 176 Å². The molecule has 1 aliphatic carbocycles. The van der Waals surface area contributed by atoms with Gasteiger partial charge in [0.05, 0.1) is 5.69 Å². The molecule has 3 aromatic rings. The first-order valence-electron chi connectivity index (χ1n) is 8.50. The van der Waals surface area contributed by atoms with Gasteiger partial charge in [0.25, 0.3) is 5.91 Å². The molecule has 0 aliphatic heterocycles. The van der Waals surface area contributed by atoms with Crippen molar-refractivity contribution < 1.29 is 4.79 Å². The molecule has 7 heteroatoms. The molecule has 1 atom stereocenters. The normalized spacial score (nSPS) is 15.6. The summed E-state index contributed by atoms with van der Waals surface area (Å²) in [7, 11) is 0. The molecule has 4 rings (SSSR count). The zero-order chi connectivity index (χ0) is 18.1. The highest BCUT2D eigenvalue weighted by Crippen LogP contribution is 2.30. The van der Waals surface area contributed by atoms with Gasteiger partial charge in [0.2, 0.25) is 0 Å². The number of thiazole rings is 1. The number of nitrogens with one attached hydrogen (secondary N) is 1. The van der Waals surface area contributed by atoms with Crippen molar-refractivity contribution in [3.05, 3.63) is 69.1 Å². The molecule has 0 bridgehead atoms.